The maximum Gasteiger partial charge on any atom is 0.160 e. The van der Waals surface area contributed by atoms with Crippen LogP contribution in [0.3, 0.4) is 0 Å². The average molecular weight is 791 g/mol. The Morgan fingerprint density at radius 3 is 1.60 bits per heavy atom. The lowest BCUT2D eigenvalue weighted by molar-refractivity contribution is 0.669. The van der Waals surface area contributed by atoms with Gasteiger partial charge in [0.25, 0.3) is 0 Å². The van der Waals surface area contributed by atoms with Gasteiger partial charge < -0.3 is 4.42 Å². The fourth-order valence-corrected chi connectivity index (χ4v) is 9.69. The summed E-state index contributed by atoms with van der Waals surface area (Å²) in [6.07, 6.45) is 0. The van der Waals surface area contributed by atoms with Gasteiger partial charge in [0.15, 0.2) is 5.82 Å². The molecule has 9 aromatic carbocycles. The standard InChI is InChI=1S/C59H38N2O/c1-4-15-41(16-5-1)58-60-54(40-29-27-39(28-30-40)42-17-14-18-43(35-42)44-32-34-57-51(36-44)49-24-11-13-26-56(49)62-57)38-55(61-58)45-31-33-53-50(37-45)48-23-10-12-25-52(48)59(53,46-19-6-2-7-20-46)47-21-8-3-9-22-47/h1-38H. The van der Waals surface area contributed by atoms with Crippen molar-refractivity contribution in [3.05, 3.63) is 253 Å². The van der Waals surface area contributed by atoms with Gasteiger partial charge in [0.2, 0.25) is 0 Å². The van der Waals surface area contributed by atoms with Crippen molar-refractivity contribution < 1.29 is 4.42 Å². The van der Waals surface area contributed by atoms with Crippen LogP contribution in [0.2, 0.25) is 0 Å². The average Bonchev–Trinajstić information content (AvgIpc) is 3.88. The first-order valence-corrected chi connectivity index (χ1v) is 21.1. The van der Waals surface area contributed by atoms with Gasteiger partial charge >= 0.3 is 0 Å². The molecule has 0 bridgehead atoms. The van der Waals surface area contributed by atoms with E-state index < -0.39 is 5.41 Å². The van der Waals surface area contributed by atoms with Crippen LogP contribution in [0.1, 0.15) is 22.3 Å². The predicted octanol–water partition coefficient (Wildman–Crippen LogP) is 15.1. The third kappa shape index (κ3) is 5.82. The molecule has 3 nitrogen and oxygen atoms in total. The zero-order valence-electron chi connectivity index (χ0n) is 33.7. The predicted molar refractivity (Wildman–Crippen MR) is 254 cm³/mol. The fraction of sp³-hybridized carbons (Fsp3) is 0.0169. The number of nitrogens with zero attached hydrogens (tertiary/aromatic N) is 2. The molecular formula is C59H38N2O. The van der Waals surface area contributed by atoms with Gasteiger partial charge in [-0.25, -0.2) is 9.97 Å². The summed E-state index contributed by atoms with van der Waals surface area (Å²) in [5.41, 5.74) is 18.3. The highest BCUT2D eigenvalue weighted by Gasteiger charge is 2.46. The van der Waals surface area contributed by atoms with Crippen LogP contribution in [-0.4, -0.2) is 9.97 Å². The summed E-state index contributed by atoms with van der Waals surface area (Å²) < 4.78 is 6.11. The molecule has 0 fully saturated rings. The van der Waals surface area contributed by atoms with Gasteiger partial charge in [-0.15, -0.1) is 0 Å². The van der Waals surface area contributed by atoms with E-state index in [1.54, 1.807) is 0 Å². The molecule has 0 N–H and O–H groups in total. The van der Waals surface area contributed by atoms with Crippen molar-refractivity contribution in [3.8, 4) is 67.3 Å². The lowest BCUT2D eigenvalue weighted by Gasteiger charge is -2.33. The molecule has 0 amide bonds. The van der Waals surface area contributed by atoms with Crippen LogP contribution in [0, 0.1) is 0 Å². The van der Waals surface area contributed by atoms with E-state index in [-0.39, 0.29) is 0 Å². The number of rotatable bonds is 7. The minimum atomic E-state index is -0.456. The van der Waals surface area contributed by atoms with Gasteiger partial charge in [-0.05, 0) is 92.0 Å². The van der Waals surface area contributed by atoms with Crippen LogP contribution in [0.5, 0.6) is 0 Å². The highest BCUT2D eigenvalue weighted by atomic mass is 16.3. The molecule has 2 aromatic heterocycles. The van der Waals surface area contributed by atoms with E-state index in [1.165, 1.54) is 33.4 Å². The van der Waals surface area contributed by atoms with Crippen LogP contribution in [0.25, 0.3) is 89.2 Å². The van der Waals surface area contributed by atoms with Crippen molar-refractivity contribution in [3.63, 3.8) is 0 Å². The van der Waals surface area contributed by atoms with Gasteiger partial charge in [-0.1, -0.05) is 194 Å². The molecule has 12 rings (SSSR count). The Morgan fingerprint density at radius 1 is 0.306 bits per heavy atom. The van der Waals surface area contributed by atoms with Crippen molar-refractivity contribution in [2.45, 2.75) is 5.41 Å². The molecule has 3 heteroatoms. The van der Waals surface area contributed by atoms with E-state index in [4.69, 9.17) is 14.4 Å². The fourth-order valence-electron chi connectivity index (χ4n) is 9.69. The molecule has 0 spiro atoms. The first-order valence-electron chi connectivity index (χ1n) is 21.1. The topological polar surface area (TPSA) is 38.9 Å². The Morgan fingerprint density at radius 2 is 0.839 bits per heavy atom. The lowest BCUT2D eigenvalue weighted by atomic mass is 9.67. The normalized spacial score (nSPS) is 12.6. The third-order valence-electron chi connectivity index (χ3n) is 12.6. The van der Waals surface area contributed by atoms with E-state index in [1.807, 2.05) is 30.3 Å². The quantitative estimate of drug-likeness (QED) is 0.161. The Hall–Kier alpha value is -8.14. The number of aromatic nitrogens is 2. The minimum Gasteiger partial charge on any atom is -0.456 e. The summed E-state index contributed by atoms with van der Waals surface area (Å²) in [7, 11) is 0. The first-order chi connectivity index (χ1) is 30.7. The van der Waals surface area contributed by atoms with Gasteiger partial charge in [0, 0.05) is 27.5 Å². The van der Waals surface area contributed by atoms with Crippen LogP contribution in [-0.2, 0) is 5.41 Å². The number of furan rings is 1. The summed E-state index contributed by atoms with van der Waals surface area (Å²) in [4.78, 5) is 10.4. The molecule has 0 atom stereocenters. The van der Waals surface area contributed by atoms with E-state index in [9.17, 15) is 0 Å². The van der Waals surface area contributed by atoms with E-state index in [0.29, 0.717) is 5.82 Å². The van der Waals surface area contributed by atoms with Crippen molar-refractivity contribution in [2.24, 2.45) is 0 Å². The van der Waals surface area contributed by atoms with E-state index in [0.717, 1.165) is 72.3 Å². The molecule has 0 unspecified atom stereocenters. The van der Waals surface area contributed by atoms with Gasteiger partial charge in [0.1, 0.15) is 11.2 Å². The molecule has 1 aliphatic carbocycles. The molecule has 0 saturated heterocycles. The Balaban J connectivity index is 0.944. The van der Waals surface area contributed by atoms with Gasteiger partial charge in [-0.2, -0.15) is 0 Å². The summed E-state index contributed by atoms with van der Waals surface area (Å²) >= 11 is 0. The van der Waals surface area contributed by atoms with Gasteiger partial charge in [0.05, 0.1) is 16.8 Å². The molecule has 0 saturated carbocycles. The second-order valence-electron chi connectivity index (χ2n) is 16.1. The second kappa shape index (κ2) is 14.5. The van der Waals surface area contributed by atoms with E-state index in [2.05, 4.69) is 200 Å². The monoisotopic (exact) mass is 790 g/mol. The Labute approximate surface area is 360 Å². The van der Waals surface area contributed by atoms with Crippen molar-refractivity contribution in [1.29, 1.82) is 0 Å². The lowest BCUT2D eigenvalue weighted by Crippen LogP contribution is -2.28. The Bertz CT molecular complexity index is 3400. The van der Waals surface area contributed by atoms with Gasteiger partial charge in [-0.3, -0.25) is 0 Å². The Kier molecular flexibility index (Phi) is 8.39. The largest absolute Gasteiger partial charge is 0.456 e. The summed E-state index contributed by atoms with van der Waals surface area (Å²) in [5, 5.41) is 2.26. The van der Waals surface area contributed by atoms with E-state index >= 15 is 0 Å². The highest BCUT2D eigenvalue weighted by molar-refractivity contribution is 6.06. The number of hydrogen-bond donors (Lipinski definition) is 0. The second-order valence-corrected chi connectivity index (χ2v) is 16.1. The maximum absolute atomic E-state index is 6.11. The SMILES string of the molecule is c1ccc(-c2nc(-c3ccc(-c4cccc(-c5ccc6oc7ccccc7c6c5)c4)cc3)cc(-c3ccc4c(c3)-c3ccccc3C4(c3ccccc3)c3ccccc3)n2)cc1. The van der Waals surface area contributed by atoms with Crippen LogP contribution in [0.4, 0.5) is 0 Å². The van der Waals surface area contributed by atoms with Crippen molar-refractivity contribution in [2.75, 3.05) is 0 Å². The zero-order valence-corrected chi connectivity index (χ0v) is 33.7. The molecule has 0 radical (unpaired) electrons. The minimum absolute atomic E-state index is 0.456. The first kappa shape index (κ1) is 35.8. The molecule has 0 aliphatic heterocycles. The van der Waals surface area contributed by atoms with Crippen LogP contribution >= 0.6 is 0 Å². The van der Waals surface area contributed by atoms with Crippen LogP contribution < -0.4 is 0 Å². The van der Waals surface area contributed by atoms with Crippen molar-refractivity contribution >= 4 is 21.9 Å². The molecule has 62 heavy (non-hydrogen) atoms. The van der Waals surface area contributed by atoms with Crippen molar-refractivity contribution in [1.82, 2.24) is 9.97 Å². The summed E-state index contributed by atoms with van der Waals surface area (Å²) in [6.45, 7) is 0. The summed E-state index contributed by atoms with van der Waals surface area (Å²) in [5.74, 6) is 0.695. The molecule has 1 aliphatic rings. The molecule has 2 heterocycles. The summed E-state index contributed by atoms with van der Waals surface area (Å²) in [6, 6.07) is 82.3. The number of hydrogen-bond acceptors (Lipinski definition) is 3. The highest BCUT2D eigenvalue weighted by Crippen LogP contribution is 2.56. The number of fused-ring (bicyclic) bond motifs is 6. The number of para-hydroxylation sites is 1. The van der Waals surface area contributed by atoms with Crippen LogP contribution in [0.15, 0.2) is 235 Å². The maximum atomic E-state index is 6.11. The molecule has 290 valence electrons. The molecule has 11 aromatic rings. The smallest absolute Gasteiger partial charge is 0.160 e. The molecular weight excluding hydrogens is 753 g/mol. The third-order valence-corrected chi connectivity index (χ3v) is 12.6. The number of benzene rings is 9. The zero-order chi connectivity index (χ0) is 41.0.